The molecule has 0 bridgehead atoms. The average Bonchev–Trinajstić information content (AvgIpc) is 2.68. The van der Waals surface area contributed by atoms with E-state index in [-0.39, 0.29) is 5.69 Å². The number of hydrogen-bond donors (Lipinski definition) is 2. The van der Waals surface area contributed by atoms with Gasteiger partial charge < -0.3 is 10.4 Å². The molecule has 3 nitrogen and oxygen atoms in total. The molecule has 19 heavy (non-hydrogen) atoms. The Balaban J connectivity index is 2.32. The van der Waals surface area contributed by atoms with Gasteiger partial charge in [0.15, 0.2) is 6.04 Å². The van der Waals surface area contributed by atoms with Crippen LogP contribution in [0.1, 0.15) is 10.9 Å². The SMILES string of the molecule is O=C(O)C(Nc1ccccc1F)c1cc(Br)c(Cl)s1. The standard InChI is InChI=1S/C12H8BrClFNO2S/c13-6-5-9(19-11(6)14)10(12(17)18)16-8-4-2-1-3-7(8)15/h1-5,10,16H,(H,17,18). The second-order valence-electron chi connectivity index (χ2n) is 3.67. The lowest BCUT2D eigenvalue weighted by Gasteiger charge is -2.14. The second-order valence-corrected chi connectivity index (χ2v) is 6.21. The number of hydrogen-bond acceptors (Lipinski definition) is 3. The van der Waals surface area contributed by atoms with Gasteiger partial charge in [0.25, 0.3) is 0 Å². The predicted molar refractivity (Wildman–Crippen MR) is 77.4 cm³/mol. The van der Waals surface area contributed by atoms with E-state index in [1.54, 1.807) is 12.1 Å². The quantitative estimate of drug-likeness (QED) is 0.837. The van der Waals surface area contributed by atoms with Crippen molar-refractivity contribution in [3.05, 3.63) is 49.8 Å². The monoisotopic (exact) mass is 363 g/mol. The molecule has 1 aromatic heterocycles. The molecule has 0 spiro atoms. The Kier molecular flexibility index (Phi) is 4.44. The summed E-state index contributed by atoms with van der Waals surface area (Å²) in [4.78, 5) is 11.8. The number of rotatable bonds is 4. The summed E-state index contributed by atoms with van der Waals surface area (Å²) in [5.74, 6) is -1.61. The van der Waals surface area contributed by atoms with Gasteiger partial charge in [-0.25, -0.2) is 9.18 Å². The first-order valence-electron chi connectivity index (χ1n) is 5.17. The van der Waals surface area contributed by atoms with Crippen LogP contribution in [0.3, 0.4) is 0 Å². The number of carboxylic acid groups (broad SMARTS) is 1. The number of halogens is 3. The van der Waals surface area contributed by atoms with Crippen LogP contribution in [0.15, 0.2) is 34.8 Å². The van der Waals surface area contributed by atoms with Gasteiger partial charge in [-0.05, 0) is 34.1 Å². The number of carbonyl (C=O) groups is 1. The number of thiophene rings is 1. The van der Waals surface area contributed by atoms with E-state index in [4.69, 9.17) is 11.6 Å². The minimum atomic E-state index is -1.10. The zero-order valence-corrected chi connectivity index (χ0v) is 12.5. The van der Waals surface area contributed by atoms with Gasteiger partial charge in [0.2, 0.25) is 0 Å². The highest BCUT2D eigenvalue weighted by Gasteiger charge is 2.23. The molecule has 0 aliphatic rings. The molecule has 100 valence electrons. The molecule has 0 fully saturated rings. The van der Waals surface area contributed by atoms with E-state index in [1.807, 2.05) is 0 Å². The minimum absolute atomic E-state index is 0.135. The summed E-state index contributed by atoms with van der Waals surface area (Å²) in [7, 11) is 0. The van der Waals surface area contributed by atoms with Crippen molar-refractivity contribution in [3.8, 4) is 0 Å². The molecule has 0 aliphatic carbocycles. The Morgan fingerprint density at radius 2 is 2.16 bits per heavy atom. The molecule has 0 aliphatic heterocycles. The summed E-state index contributed by atoms with van der Waals surface area (Å²) in [6.45, 7) is 0. The topological polar surface area (TPSA) is 49.3 Å². The second kappa shape index (κ2) is 5.90. The van der Waals surface area contributed by atoms with Crippen LogP contribution in [-0.4, -0.2) is 11.1 Å². The summed E-state index contributed by atoms with van der Waals surface area (Å²) < 4.78 is 14.6. The maximum atomic E-state index is 13.5. The van der Waals surface area contributed by atoms with Gasteiger partial charge in [-0.15, -0.1) is 11.3 Å². The fourth-order valence-electron chi connectivity index (χ4n) is 1.49. The summed E-state index contributed by atoms with van der Waals surface area (Å²) in [5.41, 5.74) is 0.135. The van der Waals surface area contributed by atoms with E-state index in [0.29, 0.717) is 13.7 Å². The van der Waals surface area contributed by atoms with E-state index in [9.17, 15) is 14.3 Å². The van der Waals surface area contributed by atoms with Crippen LogP contribution in [0.2, 0.25) is 4.34 Å². The molecule has 0 radical (unpaired) electrons. The van der Waals surface area contributed by atoms with Crippen molar-refractivity contribution in [2.45, 2.75) is 6.04 Å². The fraction of sp³-hybridized carbons (Fsp3) is 0.0833. The summed E-state index contributed by atoms with van der Waals surface area (Å²) in [6, 6.07) is 6.47. The van der Waals surface area contributed by atoms with Gasteiger partial charge in [-0.1, -0.05) is 23.7 Å². The van der Waals surface area contributed by atoms with Crippen LogP contribution in [0.5, 0.6) is 0 Å². The van der Waals surface area contributed by atoms with E-state index in [1.165, 1.54) is 18.2 Å². The van der Waals surface area contributed by atoms with E-state index < -0.39 is 17.8 Å². The van der Waals surface area contributed by atoms with Gasteiger partial charge in [0.05, 0.1) is 5.69 Å². The third-order valence-corrected chi connectivity index (χ3v) is 4.91. The van der Waals surface area contributed by atoms with Crippen LogP contribution in [0.25, 0.3) is 0 Å². The number of carboxylic acids is 1. The number of benzene rings is 1. The Morgan fingerprint density at radius 1 is 1.47 bits per heavy atom. The largest absolute Gasteiger partial charge is 0.479 e. The van der Waals surface area contributed by atoms with Crippen molar-refractivity contribution in [2.24, 2.45) is 0 Å². The van der Waals surface area contributed by atoms with Crippen LogP contribution < -0.4 is 5.32 Å². The Labute approximate surface area is 126 Å². The number of aliphatic carboxylic acids is 1. The van der Waals surface area contributed by atoms with E-state index in [2.05, 4.69) is 21.2 Å². The van der Waals surface area contributed by atoms with Crippen molar-refractivity contribution < 1.29 is 14.3 Å². The van der Waals surface area contributed by atoms with Crippen molar-refractivity contribution in [2.75, 3.05) is 5.32 Å². The van der Waals surface area contributed by atoms with Gasteiger partial charge >= 0.3 is 5.97 Å². The van der Waals surface area contributed by atoms with Gasteiger partial charge in [-0.2, -0.15) is 0 Å². The van der Waals surface area contributed by atoms with E-state index in [0.717, 1.165) is 11.3 Å². The van der Waals surface area contributed by atoms with Crippen LogP contribution in [0.4, 0.5) is 10.1 Å². The van der Waals surface area contributed by atoms with Gasteiger partial charge in [-0.3, -0.25) is 0 Å². The maximum Gasteiger partial charge on any atom is 0.331 e. The Hall–Kier alpha value is -1.11. The normalized spacial score (nSPS) is 12.2. The average molecular weight is 365 g/mol. The van der Waals surface area contributed by atoms with Crippen LogP contribution in [0, 0.1) is 5.82 Å². The molecule has 1 heterocycles. The van der Waals surface area contributed by atoms with Gasteiger partial charge in [0, 0.05) is 9.35 Å². The molecule has 7 heteroatoms. The van der Waals surface area contributed by atoms with Crippen molar-refractivity contribution in [3.63, 3.8) is 0 Å². The maximum absolute atomic E-state index is 13.5. The summed E-state index contributed by atoms with van der Waals surface area (Å²) in [6.07, 6.45) is 0. The molecule has 1 aromatic carbocycles. The molecule has 2 rings (SSSR count). The smallest absolute Gasteiger partial charge is 0.331 e. The highest BCUT2D eigenvalue weighted by molar-refractivity contribution is 9.10. The van der Waals surface area contributed by atoms with Crippen molar-refractivity contribution in [1.29, 1.82) is 0 Å². The summed E-state index contributed by atoms with van der Waals surface area (Å²) >= 11 is 10.2. The third-order valence-electron chi connectivity index (χ3n) is 2.37. The predicted octanol–water partition coefficient (Wildman–Crippen LogP) is 4.54. The van der Waals surface area contributed by atoms with Crippen LogP contribution in [-0.2, 0) is 4.79 Å². The Bertz CT molecular complexity index is 600. The van der Waals surface area contributed by atoms with Crippen molar-refractivity contribution in [1.82, 2.24) is 0 Å². The molecular formula is C12H8BrClFNO2S. The minimum Gasteiger partial charge on any atom is -0.479 e. The molecule has 0 saturated heterocycles. The molecule has 0 saturated carbocycles. The number of nitrogens with one attached hydrogen (secondary N) is 1. The lowest BCUT2D eigenvalue weighted by Crippen LogP contribution is -2.20. The first kappa shape index (κ1) is 14.3. The first-order valence-corrected chi connectivity index (χ1v) is 7.16. The van der Waals surface area contributed by atoms with E-state index >= 15 is 0 Å². The molecule has 2 N–H and O–H groups in total. The lowest BCUT2D eigenvalue weighted by atomic mass is 10.2. The molecule has 1 atom stereocenters. The zero-order valence-electron chi connectivity index (χ0n) is 9.36. The van der Waals surface area contributed by atoms with Crippen LogP contribution >= 0.6 is 38.9 Å². The lowest BCUT2D eigenvalue weighted by molar-refractivity contribution is -0.138. The molecular weight excluding hydrogens is 357 g/mol. The molecule has 0 amide bonds. The highest BCUT2D eigenvalue weighted by Crippen LogP contribution is 2.36. The first-order chi connectivity index (χ1) is 8.99. The Morgan fingerprint density at radius 3 is 2.68 bits per heavy atom. The van der Waals surface area contributed by atoms with Crippen molar-refractivity contribution >= 4 is 50.5 Å². The molecule has 1 unspecified atom stereocenters. The van der Waals surface area contributed by atoms with Gasteiger partial charge in [0.1, 0.15) is 10.2 Å². The molecule has 2 aromatic rings. The number of para-hydroxylation sites is 1. The zero-order chi connectivity index (χ0) is 14.0. The summed E-state index contributed by atoms with van der Waals surface area (Å²) in [5, 5.41) is 11.9. The fourth-order valence-corrected chi connectivity index (χ4v) is 3.27. The third kappa shape index (κ3) is 3.26. The highest BCUT2D eigenvalue weighted by atomic mass is 79.9. The number of anilines is 1.